The van der Waals surface area contributed by atoms with Crippen molar-refractivity contribution in [3.8, 4) is 5.88 Å². The lowest BCUT2D eigenvalue weighted by molar-refractivity contribution is 0.379. The molecule has 0 saturated heterocycles. The molecular formula is C11H10ClN3O2. The molecule has 0 aliphatic rings. The van der Waals surface area contributed by atoms with Crippen LogP contribution in [0.3, 0.4) is 0 Å². The van der Waals surface area contributed by atoms with Crippen LogP contribution in [0.15, 0.2) is 35.3 Å². The van der Waals surface area contributed by atoms with Gasteiger partial charge in [-0.25, -0.2) is 9.67 Å². The van der Waals surface area contributed by atoms with Gasteiger partial charge >= 0.3 is 0 Å². The zero-order valence-corrected chi connectivity index (χ0v) is 9.89. The van der Waals surface area contributed by atoms with Gasteiger partial charge in [-0.15, -0.1) is 5.10 Å². The number of pyridine rings is 1. The summed E-state index contributed by atoms with van der Waals surface area (Å²) in [6, 6.07) is 6.40. The van der Waals surface area contributed by atoms with Gasteiger partial charge in [-0.05, 0) is 11.6 Å². The van der Waals surface area contributed by atoms with Gasteiger partial charge in [0.15, 0.2) is 0 Å². The van der Waals surface area contributed by atoms with Crippen molar-refractivity contribution in [3.05, 3.63) is 51.5 Å². The van der Waals surface area contributed by atoms with Crippen LogP contribution in [0.25, 0.3) is 0 Å². The summed E-state index contributed by atoms with van der Waals surface area (Å²) in [5.41, 5.74) is 0.651. The zero-order chi connectivity index (χ0) is 12.3. The smallest absolute Gasteiger partial charge is 0.267 e. The standard InChI is InChI=1S/C11H10ClN3O2/c1-17-10-4-5-11(16)15(14-10)7-8-2-3-9(12)13-6-8/h2-6H,7H2,1H3. The number of rotatable bonds is 3. The van der Waals surface area contributed by atoms with Crippen molar-refractivity contribution in [2.45, 2.75) is 6.54 Å². The Morgan fingerprint density at radius 1 is 1.35 bits per heavy atom. The largest absolute Gasteiger partial charge is 0.480 e. The van der Waals surface area contributed by atoms with E-state index in [1.165, 1.54) is 23.9 Å². The fraction of sp³-hybridized carbons (Fsp3) is 0.182. The third-order valence-corrected chi connectivity index (χ3v) is 2.40. The van der Waals surface area contributed by atoms with Crippen molar-refractivity contribution in [2.75, 3.05) is 7.11 Å². The van der Waals surface area contributed by atoms with Gasteiger partial charge in [-0.1, -0.05) is 17.7 Å². The third kappa shape index (κ3) is 2.82. The van der Waals surface area contributed by atoms with Crippen LogP contribution in [0.4, 0.5) is 0 Å². The molecule has 0 amide bonds. The van der Waals surface area contributed by atoms with E-state index in [2.05, 4.69) is 10.1 Å². The van der Waals surface area contributed by atoms with Gasteiger partial charge in [0, 0.05) is 18.3 Å². The third-order valence-electron chi connectivity index (χ3n) is 2.17. The molecule has 0 bridgehead atoms. The molecule has 0 aliphatic heterocycles. The van der Waals surface area contributed by atoms with Crippen LogP contribution in [0, 0.1) is 0 Å². The van der Waals surface area contributed by atoms with E-state index in [-0.39, 0.29) is 5.56 Å². The molecule has 0 radical (unpaired) electrons. The summed E-state index contributed by atoms with van der Waals surface area (Å²) >= 11 is 5.68. The van der Waals surface area contributed by atoms with E-state index in [0.717, 1.165) is 5.56 Å². The average Bonchev–Trinajstić information content (AvgIpc) is 2.35. The van der Waals surface area contributed by atoms with E-state index in [1.54, 1.807) is 18.3 Å². The number of methoxy groups -OCH3 is 1. The van der Waals surface area contributed by atoms with E-state index >= 15 is 0 Å². The molecule has 0 spiro atoms. The molecule has 2 heterocycles. The lowest BCUT2D eigenvalue weighted by atomic mass is 10.3. The fourth-order valence-corrected chi connectivity index (χ4v) is 1.44. The first kappa shape index (κ1) is 11.6. The first-order valence-corrected chi connectivity index (χ1v) is 5.29. The van der Waals surface area contributed by atoms with Gasteiger partial charge < -0.3 is 4.74 Å². The summed E-state index contributed by atoms with van der Waals surface area (Å²) in [4.78, 5) is 15.5. The van der Waals surface area contributed by atoms with E-state index < -0.39 is 0 Å². The zero-order valence-electron chi connectivity index (χ0n) is 9.13. The highest BCUT2D eigenvalue weighted by atomic mass is 35.5. The lowest BCUT2D eigenvalue weighted by Crippen LogP contribution is -2.22. The maximum Gasteiger partial charge on any atom is 0.267 e. The lowest BCUT2D eigenvalue weighted by Gasteiger charge is -2.05. The summed E-state index contributed by atoms with van der Waals surface area (Å²) in [5.74, 6) is 0.395. The second-order valence-corrected chi connectivity index (χ2v) is 3.75. The average molecular weight is 252 g/mol. The van der Waals surface area contributed by atoms with Crippen LogP contribution in [-0.2, 0) is 6.54 Å². The first-order valence-electron chi connectivity index (χ1n) is 4.91. The Morgan fingerprint density at radius 2 is 2.18 bits per heavy atom. The summed E-state index contributed by atoms with van der Waals surface area (Å²) in [6.45, 7) is 0.334. The number of nitrogens with zero attached hydrogens (tertiary/aromatic N) is 3. The second kappa shape index (κ2) is 4.97. The van der Waals surface area contributed by atoms with Crippen molar-refractivity contribution < 1.29 is 4.74 Å². The Bertz CT molecular complexity index is 566. The number of ether oxygens (including phenoxy) is 1. The molecular weight excluding hydrogens is 242 g/mol. The Kier molecular flexibility index (Phi) is 3.39. The molecule has 0 atom stereocenters. The molecule has 2 aromatic heterocycles. The van der Waals surface area contributed by atoms with Gasteiger partial charge in [0.25, 0.3) is 5.56 Å². The SMILES string of the molecule is COc1ccc(=O)n(Cc2ccc(Cl)nc2)n1. The van der Waals surface area contributed by atoms with Gasteiger partial charge in [0.05, 0.1) is 13.7 Å². The van der Waals surface area contributed by atoms with Crippen LogP contribution in [-0.4, -0.2) is 21.9 Å². The van der Waals surface area contributed by atoms with Crippen LogP contribution < -0.4 is 10.3 Å². The predicted octanol–water partition coefficient (Wildman–Crippen LogP) is 1.35. The molecule has 88 valence electrons. The molecule has 17 heavy (non-hydrogen) atoms. The molecule has 0 aliphatic carbocycles. The van der Waals surface area contributed by atoms with E-state index in [4.69, 9.17) is 16.3 Å². The van der Waals surface area contributed by atoms with Crippen molar-refractivity contribution in [2.24, 2.45) is 0 Å². The Morgan fingerprint density at radius 3 is 2.82 bits per heavy atom. The van der Waals surface area contributed by atoms with Crippen LogP contribution >= 0.6 is 11.6 Å². The predicted molar refractivity (Wildman–Crippen MR) is 63.4 cm³/mol. The molecule has 2 aromatic rings. The topological polar surface area (TPSA) is 57.0 Å². The monoisotopic (exact) mass is 251 g/mol. The van der Waals surface area contributed by atoms with Crippen molar-refractivity contribution >= 4 is 11.6 Å². The Balaban J connectivity index is 2.29. The fourth-order valence-electron chi connectivity index (χ4n) is 1.33. The van der Waals surface area contributed by atoms with Crippen LogP contribution in [0.2, 0.25) is 5.15 Å². The summed E-state index contributed by atoms with van der Waals surface area (Å²) in [7, 11) is 1.50. The minimum Gasteiger partial charge on any atom is -0.480 e. The molecule has 6 heteroatoms. The summed E-state index contributed by atoms with van der Waals surface area (Å²) in [5, 5.41) is 4.45. The normalized spacial score (nSPS) is 10.2. The van der Waals surface area contributed by atoms with Gasteiger partial charge in [0.1, 0.15) is 5.15 Å². The maximum absolute atomic E-state index is 11.6. The van der Waals surface area contributed by atoms with E-state index in [1.807, 2.05) is 0 Å². The van der Waals surface area contributed by atoms with Gasteiger partial charge in [-0.2, -0.15) is 0 Å². The quantitative estimate of drug-likeness (QED) is 0.773. The minimum absolute atomic E-state index is 0.194. The molecule has 0 aromatic carbocycles. The number of hydrogen-bond acceptors (Lipinski definition) is 4. The van der Waals surface area contributed by atoms with Crippen molar-refractivity contribution in [1.82, 2.24) is 14.8 Å². The highest BCUT2D eigenvalue weighted by molar-refractivity contribution is 6.29. The van der Waals surface area contributed by atoms with Crippen LogP contribution in [0.5, 0.6) is 5.88 Å². The number of halogens is 1. The highest BCUT2D eigenvalue weighted by Crippen LogP contribution is 2.06. The Hall–Kier alpha value is -1.88. The van der Waals surface area contributed by atoms with Gasteiger partial charge in [0.2, 0.25) is 5.88 Å². The van der Waals surface area contributed by atoms with E-state index in [9.17, 15) is 4.79 Å². The highest BCUT2D eigenvalue weighted by Gasteiger charge is 2.02. The molecule has 0 fully saturated rings. The molecule has 0 saturated carbocycles. The number of aromatic nitrogens is 3. The molecule has 0 N–H and O–H groups in total. The van der Waals surface area contributed by atoms with Gasteiger partial charge in [-0.3, -0.25) is 4.79 Å². The first-order chi connectivity index (χ1) is 8.19. The molecule has 5 nitrogen and oxygen atoms in total. The molecule has 2 rings (SSSR count). The van der Waals surface area contributed by atoms with Crippen LogP contribution in [0.1, 0.15) is 5.56 Å². The second-order valence-electron chi connectivity index (χ2n) is 3.36. The maximum atomic E-state index is 11.6. The molecule has 0 unspecified atom stereocenters. The number of hydrogen-bond donors (Lipinski definition) is 0. The summed E-state index contributed by atoms with van der Waals surface area (Å²) < 4.78 is 6.27. The minimum atomic E-state index is -0.194. The van der Waals surface area contributed by atoms with Crippen molar-refractivity contribution in [3.63, 3.8) is 0 Å². The summed E-state index contributed by atoms with van der Waals surface area (Å²) in [6.07, 6.45) is 1.61. The van der Waals surface area contributed by atoms with E-state index in [0.29, 0.717) is 17.6 Å². The Labute approximate surface area is 103 Å². The van der Waals surface area contributed by atoms with Crippen molar-refractivity contribution in [1.29, 1.82) is 0 Å².